The van der Waals surface area contributed by atoms with Crippen LogP contribution in [0.4, 0.5) is 0 Å². The summed E-state index contributed by atoms with van der Waals surface area (Å²) in [6.45, 7) is 2.83. The van der Waals surface area contributed by atoms with E-state index < -0.39 is 11.9 Å². The lowest BCUT2D eigenvalue weighted by molar-refractivity contribution is 0.0455. The zero-order valence-corrected chi connectivity index (χ0v) is 19.3. The van der Waals surface area contributed by atoms with E-state index in [0.717, 1.165) is 22.9 Å². The van der Waals surface area contributed by atoms with Crippen molar-refractivity contribution in [2.24, 2.45) is 0 Å². The Kier molecular flexibility index (Phi) is 11.2. The van der Waals surface area contributed by atoms with E-state index in [1.54, 1.807) is 24.3 Å². The second kappa shape index (κ2) is 14.0. The highest BCUT2D eigenvalue weighted by Gasteiger charge is 2.18. The van der Waals surface area contributed by atoms with Crippen molar-refractivity contribution < 1.29 is 19.1 Å². The van der Waals surface area contributed by atoms with E-state index in [1.165, 1.54) is 32.1 Å². The zero-order valence-electron chi connectivity index (χ0n) is 17.7. The fraction of sp³-hybridized carbons (Fsp3) is 0.440. The van der Waals surface area contributed by atoms with Crippen LogP contribution in [0.5, 0.6) is 0 Å². The molecule has 0 fully saturated rings. The summed E-state index contributed by atoms with van der Waals surface area (Å²) < 4.78 is 11.8. The molecule has 0 amide bonds. The maximum absolute atomic E-state index is 12.5. The summed E-state index contributed by atoms with van der Waals surface area (Å²) in [7, 11) is 0. The fourth-order valence-corrected chi connectivity index (χ4v) is 3.40. The van der Waals surface area contributed by atoms with E-state index in [0.29, 0.717) is 13.0 Å². The highest BCUT2D eigenvalue weighted by atomic mass is 79.9. The maximum Gasteiger partial charge on any atom is 0.339 e. The van der Waals surface area contributed by atoms with Gasteiger partial charge in [-0.2, -0.15) is 0 Å². The van der Waals surface area contributed by atoms with Crippen molar-refractivity contribution in [2.45, 2.75) is 58.3 Å². The molecule has 0 spiro atoms. The number of carbonyl (C=O) groups excluding carboxylic acids is 2. The van der Waals surface area contributed by atoms with Crippen molar-refractivity contribution in [1.29, 1.82) is 0 Å². The molecule has 0 aliphatic carbocycles. The molecule has 0 atom stereocenters. The summed E-state index contributed by atoms with van der Waals surface area (Å²) in [6.07, 6.45) is 8.70. The number of halogens is 1. The van der Waals surface area contributed by atoms with Gasteiger partial charge < -0.3 is 9.47 Å². The number of unbranched alkanes of at least 4 members (excludes halogenated alkanes) is 6. The van der Waals surface area contributed by atoms with Crippen molar-refractivity contribution in [2.75, 3.05) is 13.2 Å². The van der Waals surface area contributed by atoms with Crippen LogP contribution in [-0.2, 0) is 15.9 Å². The minimum Gasteiger partial charge on any atom is -0.462 e. The SMILES string of the molecule is CCCCCCCCCOC(=O)c1ccccc1C(=O)OCCc1ccc(Br)cc1. The van der Waals surface area contributed by atoms with Gasteiger partial charge in [-0.25, -0.2) is 9.59 Å². The fourth-order valence-electron chi connectivity index (χ4n) is 3.13. The van der Waals surface area contributed by atoms with Gasteiger partial charge in [-0.05, 0) is 36.2 Å². The average molecular weight is 475 g/mol. The minimum atomic E-state index is -0.504. The van der Waals surface area contributed by atoms with Gasteiger partial charge in [-0.15, -0.1) is 0 Å². The number of esters is 2. The first-order valence-electron chi connectivity index (χ1n) is 10.8. The Bertz CT molecular complexity index is 786. The van der Waals surface area contributed by atoms with E-state index in [1.807, 2.05) is 24.3 Å². The Morgan fingerprint density at radius 1 is 0.733 bits per heavy atom. The molecule has 2 aromatic rings. The molecule has 0 radical (unpaired) electrons. The first-order valence-corrected chi connectivity index (χ1v) is 11.6. The molecule has 0 aliphatic rings. The normalized spacial score (nSPS) is 10.6. The second-order valence-corrected chi connectivity index (χ2v) is 8.23. The van der Waals surface area contributed by atoms with E-state index in [4.69, 9.17) is 9.47 Å². The predicted octanol–water partition coefficient (Wildman–Crippen LogP) is 6.76. The molecule has 30 heavy (non-hydrogen) atoms. The third kappa shape index (κ3) is 8.70. The first kappa shape index (κ1) is 24.1. The number of carbonyl (C=O) groups is 2. The van der Waals surface area contributed by atoms with Crippen molar-refractivity contribution in [3.05, 3.63) is 69.7 Å². The number of benzene rings is 2. The lowest BCUT2D eigenvalue weighted by Crippen LogP contribution is -2.15. The predicted molar refractivity (Wildman–Crippen MR) is 123 cm³/mol. The zero-order chi connectivity index (χ0) is 21.6. The highest BCUT2D eigenvalue weighted by molar-refractivity contribution is 9.10. The van der Waals surface area contributed by atoms with E-state index in [9.17, 15) is 9.59 Å². The largest absolute Gasteiger partial charge is 0.462 e. The van der Waals surface area contributed by atoms with Crippen molar-refractivity contribution in [1.82, 2.24) is 0 Å². The summed E-state index contributed by atoms with van der Waals surface area (Å²) >= 11 is 3.40. The molecule has 4 nitrogen and oxygen atoms in total. The van der Waals surface area contributed by atoms with Crippen LogP contribution in [0.2, 0.25) is 0 Å². The summed E-state index contributed by atoms with van der Waals surface area (Å²) in [6, 6.07) is 14.5. The molecule has 0 heterocycles. The molecule has 162 valence electrons. The van der Waals surface area contributed by atoms with Gasteiger partial charge in [0.05, 0.1) is 24.3 Å². The summed E-state index contributed by atoms with van der Waals surface area (Å²) in [5.74, 6) is -0.975. The van der Waals surface area contributed by atoms with Crippen molar-refractivity contribution in [3.63, 3.8) is 0 Å². The maximum atomic E-state index is 12.5. The Morgan fingerprint density at radius 2 is 1.27 bits per heavy atom. The quantitative estimate of drug-likeness (QED) is 0.237. The molecule has 0 saturated carbocycles. The smallest absolute Gasteiger partial charge is 0.339 e. The van der Waals surface area contributed by atoms with Gasteiger partial charge in [0, 0.05) is 10.9 Å². The van der Waals surface area contributed by atoms with Crippen LogP contribution in [0.1, 0.15) is 78.1 Å². The number of hydrogen-bond donors (Lipinski definition) is 0. The number of rotatable bonds is 13. The summed E-state index contributed by atoms with van der Waals surface area (Å²) in [4.78, 5) is 24.9. The molecule has 0 saturated heterocycles. The van der Waals surface area contributed by atoms with Crippen LogP contribution in [0.3, 0.4) is 0 Å². The van der Waals surface area contributed by atoms with E-state index in [-0.39, 0.29) is 17.7 Å². The molecule has 0 N–H and O–H groups in total. The Balaban J connectivity index is 1.77. The Morgan fingerprint density at radius 3 is 1.87 bits per heavy atom. The number of ether oxygens (including phenoxy) is 2. The first-order chi connectivity index (χ1) is 14.6. The van der Waals surface area contributed by atoms with Gasteiger partial charge in [0.1, 0.15) is 0 Å². The van der Waals surface area contributed by atoms with Gasteiger partial charge in [0.25, 0.3) is 0 Å². The average Bonchev–Trinajstić information content (AvgIpc) is 2.76. The third-order valence-corrected chi connectivity index (χ3v) is 5.41. The van der Waals surface area contributed by atoms with Gasteiger partial charge in [0.2, 0.25) is 0 Å². The van der Waals surface area contributed by atoms with Gasteiger partial charge in [0.15, 0.2) is 0 Å². The molecule has 2 rings (SSSR count). The van der Waals surface area contributed by atoms with Gasteiger partial charge >= 0.3 is 11.9 Å². The topological polar surface area (TPSA) is 52.6 Å². The summed E-state index contributed by atoms with van der Waals surface area (Å²) in [5.41, 5.74) is 1.58. The summed E-state index contributed by atoms with van der Waals surface area (Å²) in [5, 5.41) is 0. The second-order valence-electron chi connectivity index (χ2n) is 7.32. The van der Waals surface area contributed by atoms with Crippen LogP contribution >= 0.6 is 15.9 Å². The third-order valence-electron chi connectivity index (χ3n) is 4.89. The molecular weight excluding hydrogens is 444 g/mol. The molecular formula is C25H31BrO4. The molecule has 5 heteroatoms. The lowest BCUT2D eigenvalue weighted by Gasteiger charge is -2.10. The molecule has 2 aromatic carbocycles. The highest BCUT2D eigenvalue weighted by Crippen LogP contribution is 2.14. The Labute approximate surface area is 188 Å². The van der Waals surface area contributed by atoms with Gasteiger partial charge in [-0.1, -0.05) is 85.6 Å². The molecule has 0 aromatic heterocycles. The van der Waals surface area contributed by atoms with Gasteiger partial charge in [-0.3, -0.25) is 0 Å². The van der Waals surface area contributed by atoms with Crippen LogP contribution in [0.15, 0.2) is 53.0 Å². The molecule has 0 unspecified atom stereocenters. The van der Waals surface area contributed by atoms with Crippen molar-refractivity contribution in [3.8, 4) is 0 Å². The number of hydrogen-bond acceptors (Lipinski definition) is 4. The lowest BCUT2D eigenvalue weighted by atomic mass is 10.1. The molecule has 0 bridgehead atoms. The van der Waals surface area contributed by atoms with Crippen LogP contribution in [0.25, 0.3) is 0 Å². The van der Waals surface area contributed by atoms with Crippen LogP contribution in [-0.4, -0.2) is 25.2 Å². The van der Waals surface area contributed by atoms with E-state index in [2.05, 4.69) is 22.9 Å². The van der Waals surface area contributed by atoms with Crippen LogP contribution < -0.4 is 0 Å². The monoisotopic (exact) mass is 474 g/mol. The standard InChI is InChI=1S/C25H31BrO4/c1-2-3-4-5-6-7-10-18-29-24(27)22-11-8-9-12-23(22)25(28)30-19-17-20-13-15-21(26)16-14-20/h8-9,11-16H,2-7,10,17-19H2,1H3. The van der Waals surface area contributed by atoms with Crippen molar-refractivity contribution >= 4 is 27.9 Å². The minimum absolute atomic E-state index is 0.248. The van der Waals surface area contributed by atoms with E-state index >= 15 is 0 Å². The van der Waals surface area contributed by atoms with Crippen LogP contribution in [0, 0.1) is 0 Å². The Hall–Kier alpha value is -2.14. The molecule has 0 aliphatic heterocycles.